The van der Waals surface area contributed by atoms with Gasteiger partial charge in [-0.1, -0.05) is 6.07 Å². The van der Waals surface area contributed by atoms with Crippen molar-refractivity contribution in [1.29, 1.82) is 0 Å². The highest BCUT2D eigenvalue weighted by atomic mass is 35.5. The Morgan fingerprint density at radius 2 is 2.00 bits per heavy atom. The van der Waals surface area contributed by atoms with Gasteiger partial charge in [0.05, 0.1) is 12.4 Å². The van der Waals surface area contributed by atoms with Gasteiger partial charge in [-0.3, -0.25) is 4.98 Å². The molecule has 0 aliphatic rings. The minimum Gasteiger partial charge on any atom is -0.380 e. The fraction of sp³-hybridized carbons (Fsp3) is 0.294. The predicted molar refractivity (Wildman–Crippen MR) is 105 cm³/mol. The van der Waals surface area contributed by atoms with Gasteiger partial charge in [0.15, 0.2) is 5.84 Å². The van der Waals surface area contributed by atoms with Crippen LogP contribution in [0, 0.1) is 6.92 Å². The Labute approximate surface area is 157 Å². The van der Waals surface area contributed by atoms with Gasteiger partial charge < -0.3 is 10.6 Å². The monoisotopic (exact) mass is 378 g/mol. The molecule has 6 nitrogen and oxygen atoms in total. The Bertz CT molecular complexity index is 727. The van der Waals surface area contributed by atoms with Crippen LogP contribution in [0.5, 0.6) is 0 Å². The van der Waals surface area contributed by atoms with Crippen molar-refractivity contribution in [3.8, 4) is 0 Å². The molecule has 0 spiro atoms. The molecule has 132 valence electrons. The number of alkyl halides is 2. The zero-order valence-electron chi connectivity index (χ0n) is 13.9. The third-order valence-corrected chi connectivity index (χ3v) is 3.85. The van der Waals surface area contributed by atoms with Crippen molar-refractivity contribution < 1.29 is 0 Å². The molecule has 0 atom stereocenters. The van der Waals surface area contributed by atoms with E-state index in [0.717, 1.165) is 29.9 Å². The maximum atomic E-state index is 5.86. The van der Waals surface area contributed by atoms with Crippen LogP contribution in [-0.2, 0) is 0 Å². The van der Waals surface area contributed by atoms with Crippen molar-refractivity contribution in [2.45, 2.75) is 6.92 Å². The van der Waals surface area contributed by atoms with Gasteiger partial charge in [0.1, 0.15) is 5.69 Å². The van der Waals surface area contributed by atoms with E-state index >= 15 is 0 Å². The van der Waals surface area contributed by atoms with E-state index in [1.807, 2.05) is 19.1 Å². The number of rotatable bonds is 8. The lowest BCUT2D eigenvalue weighted by atomic mass is 10.1. The van der Waals surface area contributed by atoms with Gasteiger partial charge >= 0.3 is 0 Å². The molecule has 0 aliphatic heterocycles. The van der Waals surface area contributed by atoms with E-state index in [1.165, 1.54) is 6.20 Å². The third-order valence-electron chi connectivity index (χ3n) is 3.52. The zero-order chi connectivity index (χ0) is 18.1. The van der Waals surface area contributed by atoms with Gasteiger partial charge in [-0.2, -0.15) is 5.10 Å². The fourth-order valence-electron chi connectivity index (χ4n) is 2.21. The summed E-state index contributed by atoms with van der Waals surface area (Å²) in [5.74, 6) is 1.32. The number of aromatic nitrogens is 2. The summed E-state index contributed by atoms with van der Waals surface area (Å²) in [5.41, 5.74) is 9.43. The summed E-state index contributed by atoms with van der Waals surface area (Å²) in [6, 6.07) is 6.08. The third kappa shape index (κ3) is 5.69. The van der Waals surface area contributed by atoms with Gasteiger partial charge in [0.25, 0.3) is 0 Å². The topological polar surface area (TPSA) is 79.8 Å². The van der Waals surface area contributed by atoms with Crippen LogP contribution in [0.15, 0.2) is 47.0 Å². The number of anilines is 1. The standard InChI is InChI=1S/C17H20Cl2N6/c1-13-10-15(25(8-4-18)9-5-19)3-2-14(13)11-23-24-17(20)16-12-21-6-7-22-16/h2-3,6-7,10-12H,4-5,8-9H2,1H3,(H2,20,24). The van der Waals surface area contributed by atoms with Crippen molar-refractivity contribution in [2.75, 3.05) is 29.7 Å². The Morgan fingerprint density at radius 1 is 1.24 bits per heavy atom. The molecular formula is C17H20Cl2N6. The summed E-state index contributed by atoms with van der Waals surface area (Å²) in [4.78, 5) is 10.2. The number of hydrogen-bond donors (Lipinski definition) is 1. The van der Waals surface area contributed by atoms with Gasteiger partial charge in [0.2, 0.25) is 0 Å². The molecule has 0 aliphatic carbocycles. The highest BCUT2D eigenvalue weighted by molar-refractivity contribution is 6.18. The molecule has 0 fully saturated rings. The summed E-state index contributed by atoms with van der Waals surface area (Å²) in [7, 11) is 0. The van der Waals surface area contributed by atoms with Crippen LogP contribution in [0.3, 0.4) is 0 Å². The van der Waals surface area contributed by atoms with Crippen molar-refractivity contribution in [3.63, 3.8) is 0 Å². The van der Waals surface area contributed by atoms with Crippen LogP contribution in [0.4, 0.5) is 5.69 Å². The first kappa shape index (κ1) is 19.1. The van der Waals surface area contributed by atoms with Gasteiger partial charge in [-0.05, 0) is 30.2 Å². The molecule has 0 unspecified atom stereocenters. The average molecular weight is 379 g/mol. The highest BCUT2D eigenvalue weighted by Gasteiger charge is 2.07. The molecule has 1 heterocycles. The first-order valence-electron chi connectivity index (χ1n) is 7.76. The first-order chi connectivity index (χ1) is 12.2. The second kappa shape index (κ2) is 9.96. The van der Waals surface area contributed by atoms with Crippen molar-refractivity contribution in [3.05, 3.63) is 53.6 Å². The van der Waals surface area contributed by atoms with Crippen LogP contribution < -0.4 is 10.6 Å². The number of aryl methyl sites for hydroxylation is 1. The maximum Gasteiger partial charge on any atom is 0.173 e. The lowest BCUT2D eigenvalue weighted by Gasteiger charge is -2.23. The highest BCUT2D eigenvalue weighted by Crippen LogP contribution is 2.18. The number of halogens is 2. The predicted octanol–water partition coefficient (Wildman–Crippen LogP) is 2.81. The van der Waals surface area contributed by atoms with Crippen molar-refractivity contribution in [1.82, 2.24) is 9.97 Å². The van der Waals surface area contributed by atoms with E-state index in [2.05, 4.69) is 31.1 Å². The molecule has 0 saturated carbocycles. The minimum atomic E-state index is 0.217. The van der Waals surface area contributed by atoms with E-state index in [-0.39, 0.29) is 5.84 Å². The van der Waals surface area contributed by atoms with Gasteiger partial charge in [-0.15, -0.1) is 28.3 Å². The van der Waals surface area contributed by atoms with E-state index in [9.17, 15) is 0 Å². The van der Waals surface area contributed by atoms with Crippen LogP contribution in [0.25, 0.3) is 0 Å². The molecule has 0 bridgehead atoms. The summed E-state index contributed by atoms with van der Waals surface area (Å²) >= 11 is 11.7. The molecule has 2 aromatic rings. The number of nitrogens with zero attached hydrogens (tertiary/aromatic N) is 5. The summed E-state index contributed by atoms with van der Waals surface area (Å²) < 4.78 is 0. The summed E-state index contributed by atoms with van der Waals surface area (Å²) in [5, 5.41) is 8.00. The second-order valence-corrected chi connectivity index (χ2v) is 5.98. The molecule has 8 heteroatoms. The Hall–Kier alpha value is -2.18. The quantitative estimate of drug-likeness (QED) is 0.331. The fourth-order valence-corrected chi connectivity index (χ4v) is 2.62. The van der Waals surface area contributed by atoms with Crippen molar-refractivity contribution in [2.24, 2.45) is 15.9 Å². The summed E-state index contributed by atoms with van der Waals surface area (Å²) in [6.45, 7) is 3.51. The van der Waals surface area contributed by atoms with Gasteiger partial charge in [-0.25, -0.2) is 4.98 Å². The van der Waals surface area contributed by atoms with Gasteiger partial charge in [0, 0.05) is 42.9 Å². The Morgan fingerprint density at radius 3 is 2.60 bits per heavy atom. The molecule has 25 heavy (non-hydrogen) atoms. The lowest BCUT2D eigenvalue weighted by Crippen LogP contribution is -2.27. The van der Waals surface area contributed by atoms with E-state index in [1.54, 1.807) is 18.6 Å². The lowest BCUT2D eigenvalue weighted by molar-refractivity contribution is 0.873. The van der Waals surface area contributed by atoms with Crippen LogP contribution in [-0.4, -0.2) is 46.9 Å². The van der Waals surface area contributed by atoms with E-state index in [4.69, 9.17) is 28.9 Å². The normalized spacial score (nSPS) is 11.9. The van der Waals surface area contributed by atoms with Crippen LogP contribution in [0.1, 0.15) is 16.8 Å². The minimum absolute atomic E-state index is 0.217. The average Bonchev–Trinajstić information content (AvgIpc) is 2.63. The molecule has 0 amide bonds. The number of amidine groups is 1. The molecule has 1 aromatic carbocycles. The number of benzene rings is 1. The number of hydrogen-bond acceptors (Lipinski definition) is 5. The Kier molecular flexibility index (Phi) is 7.63. The van der Waals surface area contributed by atoms with E-state index in [0.29, 0.717) is 17.5 Å². The molecule has 2 rings (SSSR count). The second-order valence-electron chi connectivity index (χ2n) is 5.23. The van der Waals surface area contributed by atoms with Crippen LogP contribution >= 0.6 is 23.2 Å². The maximum absolute atomic E-state index is 5.86. The van der Waals surface area contributed by atoms with E-state index < -0.39 is 0 Å². The number of nitrogens with two attached hydrogens (primary N) is 1. The molecule has 1 aromatic heterocycles. The molecule has 2 N–H and O–H groups in total. The SMILES string of the molecule is Cc1cc(N(CCCl)CCCl)ccc1C=NN=C(N)c1cnccn1. The zero-order valence-corrected chi connectivity index (χ0v) is 15.5. The smallest absolute Gasteiger partial charge is 0.173 e. The Balaban J connectivity index is 2.12. The molecule has 0 radical (unpaired) electrons. The van der Waals surface area contributed by atoms with Crippen LogP contribution in [0.2, 0.25) is 0 Å². The largest absolute Gasteiger partial charge is 0.380 e. The molecular weight excluding hydrogens is 359 g/mol. The van der Waals surface area contributed by atoms with Crippen molar-refractivity contribution >= 4 is 40.9 Å². The first-order valence-corrected chi connectivity index (χ1v) is 8.83. The molecule has 0 saturated heterocycles. The summed E-state index contributed by atoms with van der Waals surface area (Å²) in [6.07, 6.45) is 6.33.